The van der Waals surface area contributed by atoms with Gasteiger partial charge in [-0.05, 0) is 23.3 Å². The number of benzene rings is 2. The normalized spacial score (nSPS) is 15.1. The van der Waals surface area contributed by atoms with Crippen LogP contribution in [-0.4, -0.2) is 5.11 Å². The van der Waals surface area contributed by atoms with Crippen LogP contribution in [0, 0.1) is 11.3 Å². The number of ether oxygens (including phenoxy) is 2. The lowest BCUT2D eigenvalue weighted by Gasteiger charge is -2.24. The maximum Gasteiger partial charge on any atom is 0.228 e. The van der Waals surface area contributed by atoms with Crippen molar-refractivity contribution >= 4 is 0 Å². The van der Waals surface area contributed by atoms with Crippen molar-refractivity contribution in [2.45, 2.75) is 19.1 Å². The Labute approximate surface area is 172 Å². The zero-order valence-electron chi connectivity index (χ0n) is 15.9. The van der Waals surface area contributed by atoms with Crippen LogP contribution in [-0.2, 0) is 13.2 Å². The van der Waals surface area contributed by atoms with Crippen LogP contribution in [0.2, 0.25) is 0 Å². The van der Waals surface area contributed by atoms with Crippen molar-refractivity contribution in [1.82, 2.24) is 0 Å². The minimum Gasteiger partial charge on any atom is -0.489 e. The highest BCUT2D eigenvalue weighted by Crippen LogP contribution is 2.41. The minimum atomic E-state index is -0.735. The van der Waals surface area contributed by atoms with Gasteiger partial charge in [-0.3, -0.25) is 4.79 Å². The van der Waals surface area contributed by atoms with Gasteiger partial charge >= 0.3 is 0 Å². The first-order valence-electron chi connectivity index (χ1n) is 9.22. The maximum atomic E-state index is 12.4. The molecule has 0 aliphatic carbocycles. The van der Waals surface area contributed by atoms with E-state index in [1.165, 1.54) is 0 Å². The van der Waals surface area contributed by atoms with E-state index < -0.39 is 18.0 Å². The fraction of sp³-hybridized carbons (Fsp3) is 0.130. The first kappa shape index (κ1) is 19.3. The summed E-state index contributed by atoms with van der Waals surface area (Å²) in [7, 11) is 0. The van der Waals surface area contributed by atoms with Crippen LogP contribution < -0.4 is 20.6 Å². The molecule has 150 valence electrons. The lowest BCUT2D eigenvalue weighted by atomic mass is 9.87. The Morgan fingerprint density at radius 1 is 1.13 bits per heavy atom. The summed E-state index contributed by atoms with van der Waals surface area (Å²) in [4.78, 5) is 12.4. The quantitative estimate of drug-likeness (QED) is 0.673. The molecule has 1 atom stereocenters. The van der Waals surface area contributed by atoms with Crippen LogP contribution in [0.5, 0.6) is 11.5 Å². The molecule has 1 unspecified atom stereocenters. The summed E-state index contributed by atoms with van der Waals surface area (Å²) in [5.41, 5.74) is 7.25. The van der Waals surface area contributed by atoms with E-state index in [0.717, 1.165) is 11.6 Å². The number of nitrogens with two attached hydrogens (primary N) is 1. The smallest absolute Gasteiger partial charge is 0.228 e. The third-order valence-corrected chi connectivity index (χ3v) is 4.75. The highest BCUT2D eigenvalue weighted by atomic mass is 16.5. The molecule has 0 radical (unpaired) electrons. The Kier molecular flexibility index (Phi) is 5.24. The molecule has 2 aromatic carbocycles. The van der Waals surface area contributed by atoms with Crippen molar-refractivity contribution in [3.8, 4) is 17.6 Å². The molecular formula is C23H18N2O5. The van der Waals surface area contributed by atoms with Crippen LogP contribution in [0.15, 0.2) is 81.3 Å². The molecule has 2 heterocycles. The molecule has 1 aliphatic rings. The Morgan fingerprint density at radius 2 is 1.87 bits per heavy atom. The van der Waals surface area contributed by atoms with Crippen molar-refractivity contribution in [2.24, 2.45) is 5.73 Å². The van der Waals surface area contributed by atoms with Gasteiger partial charge < -0.3 is 24.7 Å². The summed E-state index contributed by atoms with van der Waals surface area (Å²) in [5, 5.41) is 19.0. The molecule has 7 nitrogen and oxygen atoms in total. The number of fused-ring (bicyclic) bond motifs is 1. The van der Waals surface area contributed by atoms with Crippen LogP contribution in [0.1, 0.15) is 28.6 Å². The summed E-state index contributed by atoms with van der Waals surface area (Å²) >= 11 is 0. The second kappa shape index (κ2) is 8.15. The number of nitrogens with zero attached hydrogens (tertiary/aromatic N) is 1. The van der Waals surface area contributed by atoms with Gasteiger partial charge in [0.1, 0.15) is 36.4 Å². The molecule has 3 aromatic rings. The number of aliphatic hydroxyl groups excluding tert-OH is 1. The van der Waals surface area contributed by atoms with Crippen molar-refractivity contribution in [3.05, 3.63) is 105 Å². The van der Waals surface area contributed by atoms with E-state index in [0.29, 0.717) is 17.9 Å². The van der Waals surface area contributed by atoms with Crippen molar-refractivity contribution in [1.29, 1.82) is 5.26 Å². The Bertz CT molecular complexity index is 1190. The molecule has 1 aliphatic heterocycles. The molecule has 0 saturated carbocycles. The summed E-state index contributed by atoms with van der Waals surface area (Å²) in [6, 6.07) is 20.0. The molecule has 4 rings (SSSR count). The molecule has 0 saturated heterocycles. The predicted octanol–water partition coefficient (Wildman–Crippen LogP) is 2.93. The molecule has 0 amide bonds. The van der Waals surface area contributed by atoms with Crippen LogP contribution in [0.25, 0.3) is 0 Å². The number of nitriles is 1. The van der Waals surface area contributed by atoms with E-state index in [-0.39, 0.29) is 28.7 Å². The van der Waals surface area contributed by atoms with E-state index in [1.807, 2.05) is 36.4 Å². The molecule has 0 fully saturated rings. The van der Waals surface area contributed by atoms with Gasteiger partial charge in [-0.15, -0.1) is 0 Å². The van der Waals surface area contributed by atoms with Crippen molar-refractivity contribution < 1.29 is 19.0 Å². The first-order chi connectivity index (χ1) is 14.6. The zero-order chi connectivity index (χ0) is 21.1. The van der Waals surface area contributed by atoms with Crippen LogP contribution in [0.3, 0.4) is 0 Å². The van der Waals surface area contributed by atoms with Gasteiger partial charge in [0.25, 0.3) is 0 Å². The predicted molar refractivity (Wildman–Crippen MR) is 107 cm³/mol. The third-order valence-electron chi connectivity index (χ3n) is 4.75. The molecule has 7 heteroatoms. The van der Waals surface area contributed by atoms with Crippen molar-refractivity contribution in [2.75, 3.05) is 0 Å². The first-order valence-corrected chi connectivity index (χ1v) is 9.22. The van der Waals surface area contributed by atoms with Gasteiger partial charge in [-0.25, -0.2) is 0 Å². The zero-order valence-corrected chi connectivity index (χ0v) is 15.9. The van der Waals surface area contributed by atoms with Gasteiger partial charge in [0.15, 0.2) is 5.76 Å². The number of aliphatic hydroxyl groups is 1. The highest BCUT2D eigenvalue weighted by Gasteiger charge is 2.35. The number of allylic oxidation sites excluding steroid dienone is 1. The summed E-state index contributed by atoms with van der Waals surface area (Å²) in [6.45, 7) is -0.0338. The highest BCUT2D eigenvalue weighted by molar-refractivity contribution is 5.52. The number of hydrogen-bond acceptors (Lipinski definition) is 7. The number of rotatable bonds is 5. The topological polar surface area (TPSA) is 119 Å². The van der Waals surface area contributed by atoms with E-state index >= 15 is 0 Å². The second-order valence-corrected chi connectivity index (χ2v) is 6.70. The Balaban J connectivity index is 1.68. The average Bonchev–Trinajstić information content (AvgIpc) is 2.78. The second-order valence-electron chi connectivity index (χ2n) is 6.70. The van der Waals surface area contributed by atoms with Crippen molar-refractivity contribution in [3.63, 3.8) is 0 Å². The molecule has 1 aromatic heterocycles. The lowest BCUT2D eigenvalue weighted by molar-refractivity contribution is 0.231. The summed E-state index contributed by atoms with van der Waals surface area (Å²) in [6.07, 6.45) is 0. The standard InChI is InChI=1S/C23H18N2O5/c24-11-18-20(22-21(30-23(18)25)19(27)10-17(12-26)29-22)15-6-8-16(9-7-15)28-13-14-4-2-1-3-5-14/h1-10,20,26H,12-13,25H2. The summed E-state index contributed by atoms with van der Waals surface area (Å²) < 4.78 is 16.8. The monoisotopic (exact) mass is 402 g/mol. The summed E-state index contributed by atoms with van der Waals surface area (Å²) in [5.74, 6) is -0.109. The molecule has 0 bridgehead atoms. The van der Waals surface area contributed by atoms with E-state index in [4.69, 9.17) is 19.6 Å². The van der Waals surface area contributed by atoms with Gasteiger partial charge in [-0.1, -0.05) is 42.5 Å². The molecule has 0 spiro atoms. The fourth-order valence-electron chi connectivity index (χ4n) is 3.29. The van der Waals surface area contributed by atoms with E-state index in [9.17, 15) is 15.2 Å². The Hall–Kier alpha value is -4.02. The largest absolute Gasteiger partial charge is 0.489 e. The third kappa shape index (κ3) is 3.64. The Morgan fingerprint density at radius 3 is 2.53 bits per heavy atom. The molecule has 30 heavy (non-hydrogen) atoms. The minimum absolute atomic E-state index is 0.0768. The maximum absolute atomic E-state index is 12.4. The fourth-order valence-corrected chi connectivity index (χ4v) is 3.29. The van der Waals surface area contributed by atoms with Gasteiger partial charge in [0.05, 0.1) is 5.92 Å². The lowest BCUT2D eigenvalue weighted by Crippen LogP contribution is -2.25. The van der Waals surface area contributed by atoms with Gasteiger partial charge in [0, 0.05) is 6.07 Å². The van der Waals surface area contributed by atoms with E-state index in [2.05, 4.69) is 0 Å². The average molecular weight is 402 g/mol. The van der Waals surface area contributed by atoms with Crippen LogP contribution >= 0.6 is 0 Å². The van der Waals surface area contributed by atoms with E-state index in [1.54, 1.807) is 24.3 Å². The molecular weight excluding hydrogens is 384 g/mol. The van der Waals surface area contributed by atoms with Gasteiger partial charge in [-0.2, -0.15) is 5.26 Å². The molecule has 3 N–H and O–H groups in total. The SMILES string of the molecule is N#CC1=C(N)Oc2c(oc(CO)cc2=O)C1c1ccc(OCc2ccccc2)cc1. The van der Waals surface area contributed by atoms with Crippen LogP contribution in [0.4, 0.5) is 0 Å². The van der Waals surface area contributed by atoms with Gasteiger partial charge in [0.2, 0.25) is 17.1 Å². The number of hydrogen-bond donors (Lipinski definition) is 2.